The van der Waals surface area contributed by atoms with Crippen molar-refractivity contribution in [2.24, 2.45) is 0 Å². The van der Waals surface area contributed by atoms with Gasteiger partial charge in [-0.15, -0.1) is 11.8 Å². The Kier molecular flexibility index (Phi) is 6.42. The van der Waals surface area contributed by atoms with Gasteiger partial charge >= 0.3 is 0 Å². The van der Waals surface area contributed by atoms with Crippen molar-refractivity contribution in [1.29, 1.82) is 0 Å². The van der Waals surface area contributed by atoms with Crippen LogP contribution in [0.15, 0.2) is 33.8 Å². The van der Waals surface area contributed by atoms with Crippen LogP contribution < -0.4 is 15.8 Å². The fourth-order valence-corrected chi connectivity index (χ4v) is 3.90. The molecule has 11 heteroatoms. The standard InChI is InChI=1S/C20H24N6O4S/c1-28-13-7-5-12(6-8-13)18-23-19(30-25-18)16-17(21)26(24-20(16)31-2)11-15(27)22-10-14-4-3-9-29-14/h5-8,14H,3-4,9-11,21H2,1-2H3,(H,22,27)/t14-/m1/s1. The predicted molar refractivity (Wildman–Crippen MR) is 116 cm³/mol. The number of rotatable bonds is 8. The molecule has 1 aliphatic heterocycles. The van der Waals surface area contributed by atoms with E-state index in [0.717, 1.165) is 30.8 Å². The van der Waals surface area contributed by atoms with E-state index in [1.807, 2.05) is 30.5 Å². The molecule has 164 valence electrons. The molecule has 0 saturated carbocycles. The van der Waals surface area contributed by atoms with Crippen LogP contribution in [0.2, 0.25) is 0 Å². The largest absolute Gasteiger partial charge is 0.497 e. The third kappa shape index (κ3) is 4.67. The minimum Gasteiger partial charge on any atom is -0.497 e. The molecule has 10 nitrogen and oxygen atoms in total. The van der Waals surface area contributed by atoms with Gasteiger partial charge < -0.3 is 25.0 Å². The summed E-state index contributed by atoms with van der Waals surface area (Å²) >= 11 is 1.39. The van der Waals surface area contributed by atoms with Gasteiger partial charge in [0.2, 0.25) is 11.7 Å². The number of benzene rings is 1. The minimum atomic E-state index is -0.187. The quantitative estimate of drug-likeness (QED) is 0.502. The zero-order valence-corrected chi connectivity index (χ0v) is 18.1. The van der Waals surface area contributed by atoms with Crippen LogP contribution in [-0.2, 0) is 16.1 Å². The highest BCUT2D eigenvalue weighted by Crippen LogP contribution is 2.35. The smallest absolute Gasteiger partial charge is 0.264 e. The van der Waals surface area contributed by atoms with Crippen LogP contribution >= 0.6 is 11.8 Å². The molecule has 0 aliphatic carbocycles. The van der Waals surface area contributed by atoms with Gasteiger partial charge in [0.05, 0.1) is 13.2 Å². The summed E-state index contributed by atoms with van der Waals surface area (Å²) < 4.78 is 17.6. The maximum atomic E-state index is 12.4. The maximum Gasteiger partial charge on any atom is 0.264 e. The normalized spacial score (nSPS) is 15.9. The third-order valence-corrected chi connectivity index (χ3v) is 5.66. The molecular formula is C20H24N6O4S. The number of nitrogens with one attached hydrogen (secondary N) is 1. The van der Waals surface area contributed by atoms with Crippen molar-refractivity contribution in [3.05, 3.63) is 24.3 Å². The average Bonchev–Trinajstić information content (AvgIpc) is 3.53. The zero-order chi connectivity index (χ0) is 21.8. The Hall–Kier alpha value is -3.05. The number of amides is 1. The van der Waals surface area contributed by atoms with E-state index in [0.29, 0.717) is 28.8 Å². The monoisotopic (exact) mass is 444 g/mol. The van der Waals surface area contributed by atoms with Crippen LogP contribution in [-0.4, -0.2) is 58.4 Å². The lowest BCUT2D eigenvalue weighted by Crippen LogP contribution is -2.34. The summed E-state index contributed by atoms with van der Waals surface area (Å²) in [6.07, 6.45) is 3.92. The molecule has 1 atom stereocenters. The lowest BCUT2D eigenvalue weighted by molar-refractivity contribution is -0.122. The Morgan fingerprint density at radius 2 is 2.19 bits per heavy atom. The van der Waals surface area contributed by atoms with E-state index < -0.39 is 0 Å². The van der Waals surface area contributed by atoms with Crippen LogP contribution in [0.3, 0.4) is 0 Å². The Morgan fingerprint density at radius 3 is 2.87 bits per heavy atom. The van der Waals surface area contributed by atoms with Crippen molar-refractivity contribution in [2.45, 2.75) is 30.5 Å². The van der Waals surface area contributed by atoms with Gasteiger partial charge in [0.25, 0.3) is 5.89 Å². The minimum absolute atomic E-state index is 0.00835. The predicted octanol–water partition coefficient (Wildman–Crippen LogP) is 2.21. The van der Waals surface area contributed by atoms with Crippen molar-refractivity contribution in [1.82, 2.24) is 25.2 Å². The number of anilines is 1. The number of methoxy groups -OCH3 is 1. The number of carbonyl (C=O) groups is 1. The van der Waals surface area contributed by atoms with Gasteiger partial charge in [-0.25, -0.2) is 4.68 Å². The highest BCUT2D eigenvalue weighted by atomic mass is 32.2. The highest BCUT2D eigenvalue weighted by molar-refractivity contribution is 7.98. The number of hydrogen-bond donors (Lipinski definition) is 2. The van der Waals surface area contributed by atoms with E-state index in [2.05, 4.69) is 20.6 Å². The number of aromatic nitrogens is 4. The first-order valence-electron chi connectivity index (χ1n) is 9.86. The van der Waals surface area contributed by atoms with Crippen molar-refractivity contribution in [3.8, 4) is 28.6 Å². The van der Waals surface area contributed by atoms with Crippen LogP contribution in [0.1, 0.15) is 12.8 Å². The van der Waals surface area contributed by atoms with E-state index in [4.69, 9.17) is 19.7 Å². The van der Waals surface area contributed by atoms with Gasteiger partial charge in [-0.3, -0.25) is 4.79 Å². The molecule has 0 radical (unpaired) electrons. The molecule has 1 aromatic carbocycles. The third-order valence-electron chi connectivity index (χ3n) is 4.99. The first kappa shape index (κ1) is 21.2. The molecule has 0 spiro atoms. The first-order valence-corrected chi connectivity index (χ1v) is 11.1. The Bertz CT molecular complexity index is 1040. The van der Waals surface area contributed by atoms with Gasteiger partial charge in [-0.2, -0.15) is 10.1 Å². The van der Waals surface area contributed by atoms with E-state index in [9.17, 15) is 4.79 Å². The van der Waals surface area contributed by atoms with Gasteiger partial charge in [0, 0.05) is 18.7 Å². The van der Waals surface area contributed by atoms with Crippen molar-refractivity contribution in [3.63, 3.8) is 0 Å². The summed E-state index contributed by atoms with van der Waals surface area (Å²) in [4.78, 5) is 16.8. The summed E-state index contributed by atoms with van der Waals surface area (Å²) in [5.74, 6) is 1.51. The second-order valence-electron chi connectivity index (χ2n) is 7.02. The lowest BCUT2D eigenvalue weighted by atomic mass is 10.2. The number of ether oxygens (including phenoxy) is 2. The number of thioether (sulfide) groups is 1. The molecule has 2 aromatic heterocycles. The number of nitrogen functional groups attached to an aromatic ring is 1. The van der Waals surface area contributed by atoms with Crippen molar-refractivity contribution in [2.75, 3.05) is 32.3 Å². The average molecular weight is 445 g/mol. The number of carbonyl (C=O) groups excluding carboxylic acids is 1. The second-order valence-corrected chi connectivity index (χ2v) is 7.81. The fraction of sp³-hybridized carbons (Fsp3) is 0.400. The topological polar surface area (TPSA) is 130 Å². The van der Waals surface area contributed by atoms with E-state index in [1.165, 1.54) is 16.4 Å². The number of nitrogens with two attached hydrogens (primary N) is 1. The molecule has 1 fully saturated rings. The van der Waals surface area contributed by atoms with E-state index >= 15 is 0 Å². The Balaban J connectivity index is 1.51. The molecule has 0 unspecified atom stereocenters. The molecular weight excluding hydrogens is 420 g/mol. The van der Waals surface area contributed by atoms with E-state index in [-0.39, 0.29) is 24.4 Å². The SMILES string of the molecule is COc1ccc(-c2noc(-c3c(SC)nn(CC(=O)NC[C@H]4CCCO4)c3N)n2)cc1. The van der Waals surface area contributed by atoms with Gasteiger partial charge in [0.1, 0.15) is 28.7 Å². The van der Waals surface area contributed by atoms with Crippen LogP contribution in [0.4, 0.5) is 5.82 Å². The van der Waals surface area contributed by atoms with Gasteiger partial charge in [-0.05, 0) is 43.4 Å². The summed E-state index contributed by atoms with van der Waals surface area (Å²) in [5, 5.41) is 12.0. The molecule has 1 saturated heterocycles. The molecule has 1 aliphatic rings. The zero-order valence-electron chi connectivity index (χ0n) is 17.3. The highest BCUT2D eigenvalue weighted by Gasteiger charge is 2.24. The molecule has 31 heavy (non-hydrogen) atoms. The second kappa shape index (κ2) is 9.40. The van der Waals surface area contributed by atoms with Crippen molar-refractivity contribution >= 4 is 23.5 Å². The van der Waals surface area contributed by atoms with Crippen LogP contribution in [0.25, 0.3) is 22.8 Å². The molecule has 3 aromatic rings. The fourth-order valence-electron chi connectivity index (χ4n) is 3.32. The van der Waals surface area contributed by atoms with Crippen LogP contribution in [0.5, 0.6) is 5.75 Å². The first-order chi connectivity index (χ1) is 15.1. The Labute approximate surface area is 183 Å². The van der Waals surface area contributed by atoms with E-state index in [1.54, 1.807) is 7.11 Å². The Morgan fingerprint density at radius 1 is 1.39 bits per heavy atom. The molecule has 4 rings (SSSR count). The molecule has 0 bridgehead atoms. The lowest BCUT2D eigenvalue weighted by Gasteiger charge is -2.11. The summed E-state index contributed by atoms with van der Waals surface area (Å²) in [6, 6.07) is 7.32. The summed E-state index contributed by atoms with van der Waals surface area (Å²) in [7, 11) is 1.61. The molecule has 3 N–H and O–H groups in total. The van der Waals surface area contributed by atoms with Crippen molar-refractivity contribution < 1.29 is 18.8 Å². The van der Waals surface area contributed by atoms with Gasteiger partial charge in [0.15, 0.2) is 0 Å². The maximum absolute atomic E-state index is 12.4. The van der Waals surface area contributed by atoms with Gasteiger partial charge in [-0.1, -0.05) is 5.16 Å². The number of nitrogens with zero attached hydrogens (tertiary/aromatic N) is 4. The number of hydrogen-bond acceptors (Lipinski definition) is 9. The molecule has 1 amide bonds. The summed E-state index contributed by atoms with van der Waals surface area (Å²) in [6.45, 7) is 1.22. The summed E-state index contributed by atoms with van der Waals surface area (Å²) in [5.41, 5.74) is 7.60. The molecule has 3 heterocycles. The van der Waals surface area contributed by atoms with Crippen LogP contribution in [0, 0.1) is 0 Å².